The molecule has 20 heteroatoms. The number of ether oxygens (including phenoxy) is 2. The van der Waals surface area contributed by atoms with Crippen LogP contribution >= 0.6 is 23.5 Å². The van der Waals surface area contributed by atoms with E-state index in [4.69, 9.17) is 9.47 Å². The van der Waals surface area contributed by atoms with Gasteiger partial charge in [-0.25, -0.2) is 4.31 Å². The molecule has 2 aliphatic rings. The highest BCUT2D eigenvalue weighted by atomic mass is 31.3. The zero-order chi connectivity index (χ0) is 21.8. The average molecular weight is 478 g/mol. The minimum Gasteiger partial charge on any atom is -0.790 e. The maximum Gasteiger partial charge on any atom is 0.304 e. The highest BCUT2D eigenvalue weighted by Crippen LogP contribution is 2.60. The van der Waals surface area contributed by atoms with Gasteiger partial charge in [0.25, 0.3) is 27.0 Å². The predicted molar refractivity (Wildman–Crippen MR) is 74.9 cm³/mol. The molecule has 2 N–H and O–H groups in total. The molecule has 0 amide bonds. The van der Waals surface area contributed by atoms with Crippen LogP contribution in [0, 0.1) is 0 Å². The number of aliphatic hydroxyl groups is 2. The van der Waals surface area contributed by atoms with Gasteiger partial charge in [-0.2, -0.15) is 4.98 Å². The van der Waals surface area contributed by atoms with E-state index >= 15 is 0 Å². The lowest BCUT2D eigenvalue weighted by atomic mass is 10.1. The predicted octanol–water partition coefficient (Wildman–Crippen LogP) is -4.60. The molecule has 3 heterocycles. The monoisotopic (exact) mass is 478 g/mol. The molecule has 29 heavy (non-hydrogen) atoms. The molecule has 0 radical (unpaired) electrons. The molecule has 0 spiro atoms. The molecule has 17 nitrogen and oxygen atoms in total. The lowest BCUT2D eigenvalue weighted by Gasteiger charge is -2.37. The van der Waals surface area contributed by atoms with Gasteiger partial charge in [-0.05, 0) is 0 Å². The summed E-state index contributed by atoms with van der Waals surface area (Å²) in [6.07, 6.45) is -3.99. The minimum absolute atomic E-state index is 0.398. The summed E-state index contributed by atoms with van der Waals surface area (Å²) in [5, 5.41) is 20.6. The number of phosphoric acid groups is 3. The smallest absolute Gasteiger partial charge is 0.304 e. The van der Waals surface area contributed by atoms with Crippen molar-refractivity contribution in [2.45, 2.75) is 24.2 Å². The first kappa shape index (κ1) is 22.7. The summed E-state index contributed by atoms with van der Waals surface area (Å²) in [5.74, 6) is -2.50. The fraction of sp³-hybridized carbons (Fsp3) is 0.556. The highest BCUT2D eigenvalue weighted by Gasteiger charge is 2.63. The second kappa shape index (κ2) is 7.28. The number of nitrogens with zero attached hydrogens (tertiary/aromatic N) is 2. The van der Waals surface area contributed by atoms with Gasteiger partial charge < -0.3 is 48.3 Å². The topological polar surface area (TPSA) is 265 Å². The first-order chi connectivity index (χ1) is 13.1. The molecule has 0 aromatic carbocycles. The maximum absolute atomic E-state index is 11.5. The van der Waals surface area contributed by atoms with Gasteiger partial charge in [-0.15, -0.1) is 0 Å². The lowest BCUT2D eigenvalue weighted by molar-refractivity contribution is -0.339. The summed E-state index contributed by atoms with van der Waals surface area (Å²) in [7, 11) is -18.1. The molecule has 3 unspecified atom stereocenters. The Balaban J connectivity index is 1.67. The van der Waals surface area contributed by atoms with Crippen LogP contribution in [0.15, 0.2) is 17.1 Å². The SMILES string of the molecule is O=c1ccn2c(n1)O[C@]1(O)C(O)[C@@H](COP(=O)([O-])OP(=O)([O-])OP(=O)([O-])[O-])O[C@@H]21. The van der Waals surface area contributed by atoms with Crippen molar-refractivity contribution in [2.24, 2.45) is 0 Å². The van der Waals surface area contributed by atoms with Gasteiger partial charge in [0.1, 0.15) is 6.10 Å². The van der Waals surface area contributed by atoms with Gasteiger partial charge in [-0.3, -0.25) is 22.8 Å². The Morgan fingerprint density at radius 3 is 2.48 bits per heavy atom. The van der Waals surface area contributed by atoms with Gasteiger partial charge in [0.2, 0.25) is 6.23 Å². The second-order valence-electron chi connectivity index (χ2n) is 5.58. The highest BCUT2D eigenvalue weighted by molar-refractivity contribution is 7.64. The molecule has 1 fully saturated rings. The van der Waals surface area contributed by atoms with Crippen LogP contribution in [-0.2, 0) is 31.6 Å². The normalized spacial score (nSPS) is 32.7. The van der Waals surface area contributed by atoms with Gasteiger partial charge in [-0.1, -0.05) is 0 Å². The van der Waals surface area contributed by atoms with Crippen molar-refractivity contribution in [1.82, 2.24) is 9.55 Å². The van der Waals surface area contributed by atoms with E-state index in [1.807, 2.05) is 0 Å². The quantitative estimate of drug-likeness (QED) is 0.349. The number of fused-ring (bicyclic) bond motifs is 3. The zero-order valence-electron chi connectivity index (χ0n) is 13.5. The summed E-state index contributed by atoms with van der Waals surface area (Å²) in [5.41, 5.74) is -0.719. The van der Waals surface area contributed by atoms with Gasteiger partial charge in [0.15, 0.2) is 6.10 Å². The van der Waals surface area contributed by atoms with Crippen LogP contribution in [0.5, 0.6) is 6.01 Å². The zero-order valence-corrected chi connectivity index (χ0v) is 16.2. The van der Waals surface area contributed by atoms with Crippen molar-refractivity contribution in [3.05, 3.63) is 22.6 Å². The van der Waals surface area contributed by atoms with Crippen molar-refractivity contribution >= 4 is 23.5 Å². The number of phosphoric ester groups is 1. The third-order valence-electron chi connectivity index (χ3n) is 3.54. The molecule has 164 valence electrons. The second-order valence-corrected chi connectivity index (χ2v) is 9.83. The van der Waals surface area contributed by atoms with E-state index in [9.17, 15) is 48.3 Å². The van der Waals surface area contributed by atoms with Crippen LogP contribution in [-0.4, -0.2) is 44.4 Å². The number of aliphatic hydroxyl groups excluding tert-OH is 1. The molecular formula is C9H9N2O15P3-4. The summed E-state index contributed by atoms with van der Waals surface area (Å²) < 4.78 is 54.6. The van der Waals surface area contributed by atoms with E-state index in [0.717, 1.165) is 16.8 Å². The Hall–Kier alpha value is -1.03. The van der Waals surface area contributed by atoms with Crippen LogP contribution in [0.1, 0.15) is 6.23 Å². The van der Waals surface area contributed by atoms with E-state index in [-0.39, 0.29) is 0 Å². The molecular weight excluding hydrogens is 469 g/mol. The number of rotatable bonds is 7. The molecule has 0 aliphatic carbocycles. The van der Waals surface area contributed by atoms with Gasteiger partial charge in [0.05, 0.1) is 14.4 Å². The van der Waals surface area contributed by atoms with Crippen molar-refractivity contribution in [3.8, 4) is 6.01 Å². The Morgan fingerprint density at radius 1 is 1.21 bits per heavy atom. The van der Waals surface area contributed by atoms with Crippen molar-refractivity contribution in [3.63, 3.8) is 0 Å². The summed E-state index contributed by atoms with van der Waals surface area (Å²) >= 11 is 0. The molecule has 1 saturated heterocycles. The van der Waals surface area contributed by atoms with E-state index in [1.54, 1.807) is 0 Å². The van der Waals surface area contributed by atoms with Crippen LogP contribution in [0.3, 0.4) is 0 Å². The Morgan fingerprint density at radius 2 is 1.86 bits per heavy atom. The molecule has 2 aliphatic heterocycles. The van der Waals surface area contributed by atoms with Crippen LogP contribution in [0.2, 0.25) is 0 Å². The van der Waals surface area contributed by atoms with Crippen LogP contribution in [0.25, 0.3) is 0 Å². The Bertz CT molecular complexity index is 1000. The molecule has 0 bridgehead atoms. The van der Waals surface area contributed by atoms with Gasteiger partial charge in [0, 0.05) is 12.3 Å². The van der Waals surface area contributed by atoms with E-state index in [1.165, 1.54) is 0 Å². The first-order valence-corrected chi connectivity index (χ1v) is 11.6. The van der Waals surface area contributed by atoms with Crippen molar-refractivity contribution in [1.29, 1.82) is 0 Å². The Labute approximate surface area is 159 Å². The van der Waals surface area contributed by atoms with Crippen LogP contribution < -0.4 is 29.9 Å². The van der Waals surface area contributed by atoms with E-state index in [0.29, 0.717) is 0 Å². The molecule has 0 saturated carbocycles. The van der Waals surface area contributed by atoms with Crippen molar-refractivity contribution in [2.75, 3.05) is 6.61 Å². The molecule has 6 atom stereocenters. The number of hydrogen-bond acceptors (Lipinski definition) is 16. The van der Waals surface area contributed by atoms with E-state index < -0.39 is 65.9 Å². The molecule has 1 aromatic heterocycles. The molecule has 3 rings (SSSR count). The fourth-order valence-electron chi connectivity index (χ4n) is 2.50. The fourth-order valence-corrected chi connectivity index (χ4v) is 5.37. The maximum atomic E-state index is 11.5. The number of hydrogen-bond donors (Lipinski definition) is 2. The first-order valence-electron chi connectivity index (χ1n) is 7.17. The van der Waals surface area contributed by atoms with Crippen LogP contribution in [0.4, 0.5) is 0 Å². The largest absolute Gasteiger partial charge is 0.790 e. The standard InChI is InChI=1S/C9H13N2O15P3/c12-5-1-2-11-7-9(14,24-8(11)10-5)6(13)4(23-7)3-22-28(18,19)26-29(20,21)25-27(15,16)17/h1-2,4,6-7,13-14H,3H2,(H,18,19)(H,20,21)(H2,15,16,17)/p-4/t4-,6?,7-,9-/m1/s1. The van der Waals surface area contributed by atoms with E-state index in [2.05, 4.69) is 18.1 Å². The van der Waals surface area contributed by atoms with Crippen molar-refractivity contribution < 1.29 is 66.1 Å². The van der Waals surface area contributed by atoms with Gasteiger partial charge >= 0.3 is 6.01 Å². The third kappa shape index (κ3) is 4.84. The summed E-state index contributed by atoms with van der Waals surface area (Å²) in [6, 6.07) is 0.583. The minimum atomic E-state index is -6.15. The lowest BCUT2D eigenvalue weighted by Crippen LogP contribution is -2.48. The summed E-state index contributed by atoms with van der Waals surface area (Å²) in [6.45, 7) is -1.14. The third-order valence-corrected chi connectivity index (χ3v) is 7.21. The Kier molecular flexibility index (Phi) is 5.69. The number of aromatic nitrogens is 2. The summed E-state index contributed by atoms with van der Waals surface area (Å²) in [4.78, 5) is 57.7. The average Bonchev–Trinajstić information content (AvgIpc) is 2.91. The molecule has 1 aromatic rings.